The van der Waals surface area contributed by atoms with Crippen molar-refractivity contribution in [3.8, 4) is 0 Å². The number of thioether (sulfide) groups is 1. The van der Waals surface area contributed by atoms with E-state index in [1.807, 2.05) is 12.0 Å². The van der Waals surface area contributed by atoms with Gasteiger partial charge in [0.1, 0.15) is 0 Å². The fourth-order valence-corrected chi connectivity index (χ4v) is 0.651. The van der Waals surface area contributed by atoms with Gasteiger partial charge in [-0.15, -0.1) is 5.10 Å². The number of nitrogens with zero attached hydrogens (tertiary/aromatic N) is 3. The highest BCUT2D eigenvalue weighted by Crippen LogP contribution is 2.02. The van der Waals surface area contributed by atoms with Gasteiger partial charge in [0, 0.05) is 0 Å². The van der Waals surface area contributed by atoms with Crippen LogP contribution in [0.15, 0.2) is 0 Å². The summed E-state index contributed by atoms with van der Waals surface area (Å²) in [5.74, 6) is 2.54. The molecule has 5 heteroatoms. The molecule has 1 aromatic rings. The Morgan fingerprint density at radius 3 is 3.12 bits per heavy atom. The van der Waals surface area contributed by atoms with Crippen LogP contribution in [0.25, 0.3) is 0 Å². The molecule has 1 aromatic heterocycles. The van der Waals surface area contributed by atoms with Gasteiger partial charge < -0.3 is 0 Å². The number of aromatic amines is 1. The SMILES string of the molecule is CS[CH]c1nnn[nH]1. The molecule has 1 rings (SSSR count). The quantitative estimate of drug-likeness (QED) is 0.614. The van der Waals surface area contributed by atoms with Gasteiger partial charge in [-0.05, 0) is 16.7 Å². The van der Waals surface area contributed by atoms with Crippen molar-refractivity contribution in [1.29, 1.82) is 0 Å². The number of tetrazole rings is 1. The first kappa shape index (κ1) is 5.55. The van der Waals surface area contributed by atoms with E-state index in [-0.39, 0.29) is 0 Å². The maximum atomic E-state index is 3.61. The number of aromatic nitrogens is 4. The van der Waals surface area contributed by atoms with Crippen LogP contribution >= 0.6 is 11.8 Å². The van der Waals surface area contributed by atoms with Crippen molar-refractivity contribution in [2.75, 3.05) is 6.26 Å². The summed E-state index contributed by atoms with van der Waals surface area (Å²) >= 11 is 1.56. The fraction of sp³-hybridized carbons (Fsp3) is 0.333. The zero-order valence-corrected chi connectivity index (χ0v) is 5.14. The maximum absolute atomic E-state index is 3.61. The summed E-state index contributed by atoms with van der Waals surface area (Å²) in [5, 5.41) is 13.0. The highest BCUT2D eigenvalue weighted by molar-refractivity contribution is 8.00. The number of hydrogen-bond acceptors (Lipinski definition) is 4. The van der Waals surface area contributed by atoms with Crippen molar-refractivity contribution in [3.63, 3.8) is 0 Å². The Morgan fingerprint density at radius 1 is 1.75 bits per heavy atom. The van der Waals surface area contributed by atoms with Gasteiger partial charge in [-0.25, -0.2) is 5.10 Å². The van der Waals surface area contributed by atoms with E-state index < -0.39 is 0 Å². The van der Waals surface area contributed by atoms with Crippen LogP contribution in [-0.2, 0) is 0 Å². The molecule has 1 N–H and O–H groups in total. The summed E-state index contributed by atoms with van der Waals surface area (Å²) in [6.45, 7) is 0. The molecule has 0 bridgehead atoms. The number of H-pyrrole nitrogens is 1. The van der Waals surface area contributed by atoms with Gasteiger partial charge in [-0.2, -0.15) is 11.8 Å². The molecule has 0 fully saturated rings. The second-order valence-electron chi connectivity index (χ2n) is 1.14. The number of nitrogens with one attached hydrogen (secondary N) is 1. The Morgan fingerprint density at radius 2 is 2.62 bits per heavy atom. The first-order valence-electron chi connectivity index (χ1n) is 2.03. The predicted octanol–water partition coefficient (Wildman–Crippen LogP) is 0.0726. The molecule has 0 amide bonds. The zero-order chi connectivity index (χ0) is 5.82. The molecule has 1 heterocycles. The number of hydrogen-bond donors (Lipinski definition) is 1. The van der Waals surface area contributed by atoms with Crippen LogP contribution in [0, 0.1) is 5.75 Å². The van der Waals surface area contributed by atoms with Crippen LogP contribution in [0.5, 0.6) is 0 Å². The smallest absolute Gasteiger partial charge is 0.163 e. The third-order valence-corrected chi connectivity index (χ3v) is 1.05. The molecule has 0 aliphatic rings. The van der Waals surface area contributed by atoms with E-state index in [1.54, 1.807) is 11.8 Å². The lowest BCUT2D eigenvalue weighted by molar-refractivity contribution is 0.881. The maximum Gasteiger partial charge on any atom is 0.163 e. The molecule has 8 heavy (non-hydrogen) atoms. The van der Waals surface area contributed by atoms with E-state index in [1.165, 1.54) is 0 Å². The molecule has 0 spiro atoms. The summed E-state index contributed by atoms with van der Waals surface area (Å²) in [4.78, 5) is 0. The fourth-order valence-electron chi connectivity index (χ4n) is 0.328. The summed E-state index contributed by atoms with van der Waals surface area (Å²) in [6, 6.07) is 0. The highest BCUT2D eigenvalue weighted by atomic mass is 32.2. The molecule has 4 nitrogen and oxygen atoms in total. The average molecular weight is 129 g/mol. The molecular weight excluding hydrogens is 124 g/mol. The van der Waals surface area contributed by atoms with Crippen LogP contribution in [0.4, 0.5) is 0 Å². The minimum absolute atomic E-state index is 0.706. The van der Waals surface area contributed by atoms with Crippen molar-refractivity contribution in [2.24, 2.45) is 0 Å². The van der Waals surface area contributed by atoms with E-state index in [4.69, 9.17) is 0 Å². The molecule has 0 saturated heterocycles. The largest absolute Gasteiger partial charge is 0.242 e. The van der Waals surface area contributed by atoms with Crippen molar-refractivity contribution >= 4 is 11.8 Å². The average Bonchev–Trinajstić information content (AvgIpc) is 2.19. The molecule has 43 valence electrons. The molecule has 0 aromatic carbocycles. The Balaban J connectivity index is 2.50. The second kappa shape index (κ2) is 2.66. The zero-order valence-electron chi connectivity index (χ0n) is 4.33. The van der Waals surface area contributed by atoms with E-state index in [0.717, 1.165) is 0 Å². The first-order chi connectivity index (χ1) is 3.93. The van der Waals surface area contributed by atoms with Crippen LogP contribution < -0.4 is 0 Å². The van der Waals surface area contributed by atoms with E-state index in [9.17, 15) is 0 Å². The Kier molecular flexibility index (Phi) is 1.85. The van der Waals surface area contributed by atoms with Crippen LogP contribution in [-0.4, -0.2) is 26.9 Å². The van der Waals surface area contributed by atoms with Crippen molar-refractivity contribution in [2.45, 2.75) is 0 Å². The lowest BCUT2D eigenvalue weighted by Gasteiger charge is -1.81. The summed E-state index contributed by atoms with van der Waals surface area (Å²) in [7, 11) is 0. The third kappa shape index (κ3) is 1.19. The van der Waals surface area contributed by atoms with E-state index in [0.29, 0.717) is 5.82 Å². The van der Waals surface area contributed by atoms with Gasteiger partial charge in [-0.3, -0.25) is 0 Å². The molecular formula is C3H5N4S. The van der Waals surface area contributed by atoms with Crippen molar-refractivity contribution in [3.05, 3.63) is 11.6 Å². The van der Waals surface area contributed by atoms with E-state index in [2.05, 4.69) is 20.6 Å². The third-order valence-electron chi connectivity index (χ3n) is 0.591. The lowest BCUT2D eigenvalue weighted by atomic mass is 10.8. The van der Waals surface area contributed by atoms with Gasteiger partial charge in [0.15, 0.2) is 5.82 Å². The van der Waals surface area contributed by atoms with Crippen molar-refractivity contribution < 1.29 is 0 Å². The van der Waals surface area contributed by atoms with Gasteiger partial charge in [0.05, 0.1) is 5.75 Å². The summed E-state index contributed by atoms with van der Waals surface area (Å²) in [5.41, 5.74) is 0. The van der Waals surface area contributed by atoms with E-state index >= 15 is 0 Å². The lowest BCUT2D eigenvalue weighted by Crippen LogP contribution is -1.78. The summed E-state index contributed by atoms with van der Waals surface area (Å²) in [6.07, 6.45) is 1.95. The Hall–Kier alpha value is -0.580. The van der Waals surface area contributed by atoms with Crippen LogP contribution in [0.1, 0.15) is 5.82 Å². The topological polar surface area (TPSA) is 54.5 Å². The highest BCUT2D eigenvalue weighted by Gasteiger charge is 1.91. The van der Waals surface area contributed by atoms with Gasteiger partial charge in [0.2, 0.25) is 0 Å². The molecule has 1 radical (unpaired) electrons. The van der Waals surface area contributed by atoms with Crippen LogP contribution in [0.3, 0.4) is 0 Å². The Bertz CT molecular complexity index is 137. The monoisotopic (exact) mass is 129 g/mol. The van der Waals surface area contributed by atoms with Gasteiger partial charge in [-0.1, -0.05) is 0 Å². The minimum Gasteiger partial charge on any atom is -0.242 e. The van der Waals surface area contributed by atoms with Crippen molar-refractivity contribution in [1.82, 2.24) is 20.6 Å². The van der Waals surface area contributed by atoms with Gasteiger partial charge >= 0.3 is 0 Å². The predicted molar refractivity (Wildman–Crippen MR) is 31.1 cm³/mol. The van der Waals surface area contributed by atoms with Crippen LogP contribution in [0.2, 0.25) is 0 Å². The summed E-state index contributed by atoms with van der Waals surface area (Å²) < 4.78 is 0. The minimum atomic E-state index is 0.706. The Labute approximate surface area is 51.1 Å². The molecule has 0 aliphatic carbocycles. The molecule has 0 atom stereocenters. The second-order valence-corrected chi connectivity index (χ2v) is 1.85. The van der Waals surface area contributed by atoms with Gasteiger partial charge in [0.25, 0.3) is 0 Å². The molecule has 0 unspecified atom stereocenters. The number of rotatable bonds is 2. The molecule has 0 aliphatic heterocycles. The molecule has 0 saturated carbocycles. The first-order valence-corrected chi connectivity index (χ1v) is 3.32. The normalized spacial score (nSPS) is 9.62. The standard InChI is InChI=1S/C3H5N4S/c1-8-2-3-4-6-7-5-3/h2H,1H3,(H,4,5,6,7).